The van der Waals surface area contributed by atoms with Crippen LogP contribution in [-0.4, -0.2) is 59.3 Å². The predicted molar refractivity (Wildman–Crippen MR) is 152 cm³/mol. The van der Waals surface area contributed by atoms with Crippen molar-refractivity contribution in [2.75, 3.05) is 19.7 Å². The highest BCUT2D eigenvalue weighted by atomic mass is 16.5. The predicted octanol–water partition coefficient (Wildman–Crippen LogP) is 4.54. The Balaban J connectivity index is 1.31. The second-order valence-corrected chi connectivity index (χ2v) is 10.7. The molecule has 40 heavy (non-hydrogen) atoms. The minimum atomic E-state index is -1.23. The van der Waals surface area contributed by atoms with Crippen molar-refractivity contribution in [1.82, 2.24) is 15.5 Å². The molecule has 8 nitrogen and oxygen atoms in total. The molecule has 0 spiro atoms. The number of aliphatic carboxylic acids is 1. The number of carbonyl (C=O) groups is 3. The van der Waals surface area contributed by atoms with Crippen molar-refractivity contribution >= 4 is 18.0 Å². The van der Waals surface area contributed by atoms with E-state index in [9.17, 15) is 19.5 Å². The summed E-state index contributed by atoms with van der Waals surface area (Å²) in [6.45, 7) is 3.50. The molecule has 0 bridgehead atoms. The quantitative estimate of drug-likeness (QED) is 0.348. The zero-order valence-corrected chi connectivity index (χ0v) is 22.6. The fraction of sp³-hybridized carbons (Fsp3) is 0.344. The normalized spacial score (nSPS) is 18.9. The fourth-order valence-electron chi connectivity index (χ4n) is 5.87. The standard InChI is InChI=1S/C32H35N3O5/c1-2-23(18-29(36)37)33-30(38)32(16-17-35(21-32)19-22-10-4-3-5-11-22)34-31(39)40-20-28-26-14-8-6-12-24(26)25-13-7-9-15-27(25)28/h3-15,23,28H,2,16-21H2,1H3,(H,33,38)(H,34,39)(H,36,37). The van der Waals surface area contributed by atoms with Crippen LogP contribution in [0.5, 0.6) is 0 Å². The van der Waals surface area contributed by atoms with Crippen molar-refractivity contribution < 1.29 is 24.2 Å². The molecule has 8 heteroatoms. The molecule has 1 fully saturated rings. The molecule has 2 amide bonds. The zero-order valence-electron chi connectivity index (χ0n) is 22.6. The summed E-state index contributed by atoms with van der Waals surface area (Å²) >= 11 is 0. The average molecular weight is 542 g/mol. The van der Waals surface area contributed by atoms with E-state index in [2.05, 4.69) is 39.8 Å². The van der Waals surface area contributed by atoms with Gasteiger partial charge in [0.05, 0.1) is 6.42 Å². The van der Waals surface area contributed by atoms with Gasteiger partial charge < -0.3 is 20.5 Å². The molecule has 2 aliphatic rings. The number of alkyl carbamates (subject to hydrolysis) is 1. The number of amides is 2. The first-order valence-corrected chi connectivity index (χ1v) is 13.8. The summed E-state index contributed by atoms with van der Waals surface area (Å²) in [4.78, 5) is 40.3. The van der Waals surface area contributed by atoms with E-state index >= 15 is 0 Å². The lowest BCUT2D eigenvalue weighted by Crippen LogP contribution is -2.62. The van der Waals surface area contributed by atoms with E-state index < -0.39 is 23.6 Å². The number of benzene rings is 3. The number of hydrogen-bond acceptors (Lipinski definition) is 5. The second-order valence-electron chi connectivity index (χ2n) is 10.7. The molecule has 2 atom stereocenters. The number of nitrogens with zero attached hydrogens (tertiary/aromatic N) is 1. The fourth-order valence-corrected chi connectivity index (χ4v) is 5.87. The van der Waals surface area contributed by atoms with Crippen LogP contribution in [-0.2, 0) is 20.9 Å². The summed E-state index contributed by atoms with van der Waals surface area (Å²) in [6.07, 6.45) is 0.00763. The zero-order chi connectivity index (χ0) is 28.1. The van der Waals surface area contributed by atoms with Gasteiger partial charge in [-0.15, -0.1) is 0 Å². The molecule has 0 aromatic heterocycles. The lowest BCUT2D eigenvalue weighted by molar-refractivity contribution is -0.138. The lowest BCUT2D eigenvalue weighted by Gasteiger charge is -2.31. The first kappa shape index (κ1) is 27.4. The average Bonchev–Trinajstić information content (AvgIpc) is 3.51. The van der Waals surface area contributed by atoms with Gasteiger partial charge in [0.25, 0.3) is 0 Å². The Kier molecular flexibility index (Phi) is 8.16. The van der Waals surface area contributed by atoms with Gasteiger partial charge in [0.15, 0.2) is 0 Å². The molecule has 1 saturated heterocycles. The van der Waals surface area contributed by atoms with E-state index in [-0.39, 0.29) is 24.9 Å². The van der Waals surface area contributed by atoms with Crippen molar-refractivity contribution in [2.45, 2.75) is 50.2 Å². The number of nitrogens with one attached hydrogen (secondary N) is 2. The Bertz CT molecular complexity index is 1330. The van der Waals surface area contributed by atoms with Gasteiger partial charge in [0.1, 0.15) is 12.1 Å². The van der Waals surface area contributed by atoms with Gasteiger partial charge in [-0.3, -0.25) is 14.5 Å². The summed E-state index contributed by atoms with van der Waals surface area (Å²) in [5.74, 6) is -1.46. The topological polar surface area (TPSA) is 108 Å². The molecule has 1 heterocycles. The van der Waals surface area contributed by atoms with E-state index in [1.165, 1.54) is 0 Å². The molecule has 2 unspecified atom stereocenters. The van der Waals surface area contributed by atoms with Gasteiger partial charge >= 0.3 is 12.1 Å². The number of carboxylic acid groups (broad SMARTS) is 1. The van der Waals surface area contributed by atoms with Gasteiger partial charge in [-0.25, -0.2) is 4.79 Å². The van der Waals surface area contributed by atoms with Crippen molar-refractivity contribution in [1.29, 1.82) is 0 Å². The molecule has 3 aromatic rings. The third kappa shape index (κ3) is 5.87. The summed E-state index contributed by atoms with van der Waals surface area (Å²) in [5, 5.41) is 15.1. The SMILES string of the molecule is CCC(CC(=O)O)NC(=O)C1(NC(=O)OCC2c3ccccc3-c3ccccc32)CCN(Cc2ccccc2)C1. The molecule has 0 saturated carbocycles. The molecule has 1 aliphatic carbocycles. The van der Waals surface area contributed by atoms with Gasteiger partial charge in [-0.2, -0.15) is 0 Å². The molecule has 0 radical (unpaired) electrons. The molecular formula is C32H35N3O5. The van der Waals surface area contributed by atoms with Crippen LogP contribution in [0.2, 0.25) is 0 Å². The monoisotopic (exact) mass is 541 g/mol. The van der Waals surface area contributed by atoms with Crippen LogP contribution in [0.1, 0.15) is 48.8 Å². The lowest BCUT2D eigenvalue weighted by atomic mass is 9.96. The maximum absolute atomic E-state index is 13.6. The number of ether oxygens (including phenoxy) is 1. The molecule has 208 valence electrons. The van der Waals surface area contributed by atoms with Crippen LogP contribution in [0, 0.1) is 0 Å². The summed E-state index contributed by atoms with van der Waals surface area (Å²) < 4.78 is 5.78. The summed E-state index contributed by atoms with van der Waals surface area (Å²) in [5.41, 5.74) is 4.37. The van der Waals surface area contributed by atoms with Crippen LogP contribution in [0.25, 0.3) is 11.1 Å². The maximum Gasteiger partial charge on any atom is 0.408 e. The Morgan fingerprint density at radius 2 is 1.60 bits per heavy atom. The van der Waals surface area contributed by atoms with Crippen molar-refractivity contribution in [3.8, 4) is 11.1 Å². The largest absolute Gasteiger partial charge is 0.481 e. The van der Waals surface area contributed by atoms with Crippen molar-refractivity contribution in [3.63, 3.8) is 0 Å². The number of rotatable bonds is 10. The number of carbonyl (C=O) groups excluding carboxylic acids is 2. The van der Waals surface area contributed by atoms with Crippen LogP contribution in [0.3, 0.4) is 0 Å². The van der Waals surface area contributed by atoms with E-state index in [0.29, 0.717) is 32.5 Å². The first-order valence-electron chi connectivity index (χ1n) is 13.8. The van der Waals surface area contributed by atoms with Crippen LogP contribution in [0.15, 0.2) is 78.9 Å². The van der Waals surface area contributed by atoms with Crippen molar-refractivity contribution in [3.05, 3.63) is 95.6 Å². The Morgan fingerprint density at radius 1 is 0.975 bits per heavy atom. The summed E-state index contributed by atoms with van der Waals surface area (Å²) in [6, 6.07) is 25.7. The van der Waals surface area contributed by atoms with E-state index in [4.69, 9.17) is 4.74 Å². The maximum atomic E-state index is 13.6. The molecule has 3 N–H and O–H groups in total. The van der Waals surface area contributed by atoms with Gasteiger partial charge in [-0.1, -0.05) is 85.8 Å². The first-order chi connectivity index (χ1) is 19.4. The molecule has 3 aromatic carbocycles. The van der Waals surface area contributed by atoms with Gasteiger partial charge in [0, 0.05) is 31.6 Å². The Labute approximate surface area is 234 Å². The highest BCUT2D eigenvalue weighted by Gasteiger charge is 2.47. The van der Waals surface area contributed by atoms with Crippen LogP contribution < -0.4 is 10.6 Å². The number of likely N-dealkylation sites (tertiary alicyclic amines) is 1. The van der Waals surface area contributed by atoms with E-state index in [1.54, 1.807) is 0 Å². The van der Waals surface area contributed by atoms with Gasteiger partial charge in [-0.05, 0) is 40.7 Å². The minimum Gasteiger partial charge on any atom is -0.481 e. The third-order valence-corrected chi connectivity index (χ3v) is 7.97. The minimum absolute atomic E-state index is 0.0962. The third-order valence-electron chi connectivity index (χ3n) is 7.97. The number of carboxylic acids is 1. The highest BCUT2D eigenvalue weighted by molar-refractivity contribution is 5.91. The van der Waals surface area contributed by atoms with Crippen LogP contribution in [0.4, 0.5) is 4.79 Å². The second kappa shape index (κ2) is 11.9. The van der Waals surface area contributed by atoms with E-state index in [1.807, 2.05) is 61.5 Å². The number of hydrogen-bond donors (Lipinski definition) is 3. The Morgan fingerprint density at radius 3 is 2.23 bits per heavy atom. The molecule has 1 aliphatic heterocycles. The number of fused-ring (bicyclic) bond motifs is 3. The molecule has 5 rings (SSSR count). The highest BCUT2D eigenvalue weighted by Crippen LogP contribution is 2.44. The van der Waals surface area contributed by atoms with Gasteiger partial charge in [0.2, 0.25) is 5.91 Å². The summed E-state index contributed by atoms with van der Waals surface area (Å²) in [7, 11) is 0. The van der Waals surface area contributed by atoms with Crippen LogP contribution >= 0.6 is 0 Å². The molecular weight excluding hydrogens is 506 g/mol. The Hall–Kier alpha value is -4.17. The van der Waals surface area contributed by atoms with Crippen molar-refractivity contribution in [2.24, 2.45) is 0 Å². The van der Waals surface area contributed by atoms with E-state index in [0.717, 1.165) is 27.8 Å². The smallest absolute Gasteiger partial charge is 0.408 e.